The average Bonchev–Trinajstić information content (AvgIpc) is 2.75. The molecule has 1 amide bonds. The van der Waals surface area contributed by atoms with Gasteiger partial charge in [0.1, 0.15) is 0 Å². The van der Waals surface area contributed by atoms with E-state index in [1.54, 1.807) is 73.7 Å². The highest BCUT2D eigenvalue weighted by atomic mass is 35.5. The summed E-state index contributed by atoms with van der Waals surface area (Å²) in [6.45, 7) is 1.66. The molecule has 0 aliphatic rings. The largest absolute Gasteiger partial charge is 0.322 e. The second-order valence-electron chi connectivity index (χ2n) is 6.62. The minimum atomic E-state index is -3.92. The van der Waals surface area contributed by atoms with E-state index in [-0.39, 0.29) is 15.6 Å². The summed E-state index contributed by atoms with van der Waals surface area (Å²) < 4.78 is 28.2. The van der Waals surface area contributed by atoms with Gasteiger partial charge in [-0.25, -0.2) is 8.42 Å². The van der Waals surface area contributed by atoms with Crippen LogP contribution in [0.5, 0.6) is 0 Å². The van der Waals surface area contributed by atoms with Gasteiger partial charge >= 0.3 is 0 Å². The molecule has 0 aliphatic carbocycles. The fourth-order valence-electron chi connectivity index (χ4n) is 2.74. The summed E-state index contributed by atoms with van der Waals surface area (Å²) in [5, 5.41) is 11.8. The van der Waals surface area contributed by atoms with Gasteiger partial charge in [0.05, 0.1) is 27.2 Å². The second-order valence-corrected chi connectivity index (χ2v) is 8.68. The molecule has 0 fully saturated rings. The van der Waals surface area contributed by atoms with E-state index >= 15 is 0 Å². The van der Waals surface area contributed by atoms with Crippen LogP contribution in [0.15, 0.2) is 77.7 Å². The van der Waals surface area contributed by atoms with Crippen molar-refractivity contribution in [1.29, 1.82) is 5.26 Å². The molecule has 0 spiro atoms. The number of carbonyl (C=O) groups is 1. The van der Waals surface area contributed by atoms with Gasteiger partial charge in [0.15, 0.2) is 0 Å². The summed E-state index contributed by atoms with van der Waals surface area (Å²) in [6, 6.07) is 19.9. The molecule has 0 bridgehead atoms. The van der Waals surface area contributed by atoms with Gasteiger partial charge in [-0.2, -0.15) is 5.26 Å². The SMILES string of the molecule is Cc1ccc(NC(=O)/C=C/c2ccc(C#N)cc2)cc1S(=O)(=O)Nc1ccccc1Cl. The van der Waals surface area contributed by atoms with Crippen LogP contribution in [-0.2, 0) is 14.8 Å². The van der Waals surface area contributed by atoms with Crippen LogP contribution < -0.4 is 10.0 Å². The summed E-state index contributed by atoms with van der Waals surface area (Å²) in [6.07, 6.45) is 2.93. The number of carbonyl (C=O) groups excluding carboxylic acids is 1. The molecule has 6 nitrogen and oxygen atoms in total. The van der Waals surface area contributed by atoms with Gasteiger partial charge < -0.3 is 5.32 Å². The molecule has 3 rings (SSSR count). The molecule has 0 saturated heterocycles. The number of amides is 1. The number of sulfonamides is 1. The molecule has 3 aromatic rings. The number of hydrogen-bond donors (Lipinski definition) is 2. The highest BCUT2D eigenvalue weighted by Gasteiger charge is 2.19. The molecule has 0 aromatic heterocycles. The Labute approximate surface area is 185 Å². The fourth-order valence-corrected chi connectivity index (χ4v) is 4.33. The van der Waals surface area contributed by atoms with Crippen LogP contribution in [0.2, 0.25) is 5.02 Å². The third kappa shape index (κ3) is 5.72. The normalized spacial score (nSPS) is 11.1. The van der Waals surface area contributed by atoms with Crippen LogP contribution in [0.3, 0.4) is 0 Å². The maximum atomic E-state index is 12.9. The van der Waals surface area contributed by atoms with E-state index in [0.717, 1.165) is 5.56 Å². The fraction of sp³-hybridized carbons (Fsp3) is 0.0435. The predicted molar refractivity (Wildman–Crippen MR) is 122 cm³/mol. The topological polar surface area (TPSA) is 99.1 Å². The van der Waals surface area contributed by atoms with Gasteiger partial charge in [0, 0.05) is 11.8 Å². The van der Waals surface area contributed by atoms with Crippen LogP contribution in [0.4, 0.5) is 11.4 Å². The minimum absolute atomic E-state index is 0.0290. The number of aryl methyl sites for hydroxylation is 1. The van der Waals surface area contributed by atoms with Crippen LogP contribution in [0.1, 0.15) is 16.7 Å². The Morgan fingerprint density at radius 2 is 1.77 bits per heavy atom. The standard InChI is InChI=1S/C23H18ClN3O3S/c1-16-6-12-19(26-23(28)13-11-17-7-9-18(15-25)10-8-17)14-22(16)31(29,30)27-21-5-3-2-4-20(21)24/h2-14,27H,1H3,(H,26,28)/b13-11+. The molecule has 0 saturated carbocycles. The van der Waals surface area contributed by atoms with Gasteiger partial charge in [-0.05, 0) is 60.5 Å². The van der Waals surface area contributed by atoms with E-state index in [1.165, 1.54) is 12.1 Å². The quantitative estimate of drug-likeness (QED) is 0.516. The zero-order valence-electron chi connectivity index (χ0n) is 16.5. The van der Waals surface area contributed by atoms with Crippen LogP contribution in [0.25, 0.3) is 6.08 Å². The van der Waals surface area contributed by atoms with Gasteiger partial charge in [0.2, 0.25) is 5.91 Å². The van der Waals surface area contributed by atoms with E-state index in [9.17, 15) is 13.2 Å². The van der Waals surface area contributed by atoms with Gasteiger partial charge in [-0.3, -0.25) is 9.52 Å². The lowest BCUT2D eigenvalue weighted by Gasteiger charge is -2.13. The first-order valence-electron chi connectivity index (χ1n) is 9.16. The number of rotatable bonds is 6. The zero-order valence-corrected chi connectivity index (χ0v) is 18.0. The third-order valence-corrected chi connectivity index (χ3v) is 6.17. The molecular weight excluding hydrogens is 434 g/mol. The average molecular weight is 452 g/mol. The van der Waals surface area contributed by atoms with Gasteiger partial charge in [-0.15, -0.1) is 0 Å². The molecule has 31 heavy (non-hydrogen) atoms. The molecule has 0 unspecified atom stereocenters. The molecule has 2 N–H and O–H groups in total. The smallest absolute Gasteiger partial charge is 0.262 e. The number of nitrogens with zero attached hydrogens (tertiary/aromatic N) is 1. The molecule has 0 radical (unpaired) electrons. The Balaban J connectivity index is 1.77. The summed E-state index contributed by atoms with van der Waals surface area (Å²) in [5.74, 6) is -0.421. The second kappa shape index (κ2) is 9.47. The summed E-state index contributed by atoms with van der Waals surface area (Å²) in [4.78, 5) is 12.3. The maximum absolute atomic E-state index is 12.9. The Bertz CT molecular complexity index is 1290. The molecule has 156 valence electrons. The lowest BCUT2D eigenvalue weighted by Crippen LogP contribution is -2.15. The van der Waals surface area contributed by atoms with Crippen molar-refractivity contribution in [2.45, 2.75) is 11.8 Å². The van der Waals surface area contributed by atoms with Crippen molar-refractivity contribution in [3.05, 3.63) is 94.5 Å². The third-order valence-electron chi connectivity index (χ3n) is 4.33. The number of benzene rings is 3. The van der Waals surface area contributed by atoms with E-state index in [4.69, 9.17) is 16.9 Å². The first-order chi connectivity index (χ1) is 14.8. The summed E-state index contributed by atoms with van der Waals surface area (Å²) in [5.41, 5.74) is 2.40. The summed E-state index contributed by atoms with van der Waals surface area (Å²) in [7, 11) is -3.92. The predicted octanol–water partition coefficient (Wildman–Crippen LogP) is 4.97. The van der Waals surface area contributed by atoms with Crippen molar-refractivity contribution < 1.29 is 13.2 Å². The molecule has 0 aliphatic heterocycles. The zero-order chi connectivity index (χ0) is 22.4. The highest BCUT2D eigenvalue weighted by Crippen LogP contribution is 2.26. The van der Waals surface area contributed by atoms with Crippen molar-refractivity contribution in [1.82, 2.24) is 0 Å². The van der Waals surface area contributed by atoms with Crippen molar-refractivity contribution >= 4 is 45.0 Å². The highest BCUT2D eigenvalue weighted by molar-refractivity contribution is 7.92. The number of hydrogen-bond acceptors (Lipinski definition) is 4. The number of nitrogens with one attached hydrogen (secondary N) is 2. The van der Waals surface area contributed by atoms with Crippen molar-refractivity contribution in [2.75, 3.05) is 10.0 Å². The van der Waals surface area contributed by atoms with Crippen LogP contribution in [-0.4, -0.2) is 14.3 Å². The van der Waals surface area contributed by atoms with Crippen molar-refractivity contribution in [2.24, 2.45) is 0 Å². The number of anilines is 2. The first kappa shape index (κ1) is 22.1. The molecule has 8 heteroatoms. The molecular formula is C23H18ClN3O3S. The van der Waals surface area contributed by atoms with Crippen molar-refractivity contribution in [3.63, 3.8) is 0 Å². The van der Waals surface area contributed by atoms with Gasteiger partial charge in [-0.1, -0.05) is 41.9 Å². The van der Waals surface area contributed by atoms with Crippen LogP contribution in [0, 0.1) is 18.3 Å². The van der Waals surface area contributed by atoms with Crippen LogP contribution >= 0.6 is 11.6 Å². The van der Waals surface area contributed by atoms with E-state index < -0.39 is 15.9 Å². The minimum Gasteiger partial charge on any atom is -0.322 e. The molecule has 0 heterocycles. The van der Waals surface area contributed by atoms with E-state index in [0.29, 0.717) is 16.8 Å². The molecule has 0 atom stereocenters. The Morgan fingerprint density at radius 3 is 2.45 bits per heavy atom. The van der Waals surface area contributed by atoms with E-state index in [2.05, 4.69) is 10.0 Å². The number of halogens is 1. The van der Waals surface area contributed by atoms with E-state index in [1.807, 2.05) is 6.07 Å². The Hall–Kier alpha value is -3.60. The monoisotopic (exact) mass is 451 g/mol. The Kier molecular flexibility index (Phi) is 6.75. The van der Waals surface area contributed by atoms with Gasteiger partial charge in [0.25, 0.3) is 10.0 Å². The maximum Gasteiger partial charge on any atom is 0.262 e. The number of para-hydroxylation sites is 1. The summed E-state index contributed by atoms with van der Waals surface area (Å²) >= 11 is 6.05. The lowest BCUT2D eigenvalue weighted by molar-refractivity contribution is -0.111. The first-order valence-corrected chi connectivity index (χ1v) is 11.0. The molecule has 3 aromatic carbocycles. The number of nitriles is 1. The Morgan fingerprint density at radius 1 is 1.06 bits per heavy atom. The lowest BCUT2D eigenvalue weighted by atomic mass is 10.1. The van der Waals surface area contributed by atoms with Crippen molar-refractivity contribution in [3.8, 4) is 6.07 Å².